The molecule has 3 aliphatic rings. The number of ether oxygens (including phenoxy) is 1. The van der Waals surface area contributed by atoms with Gasteiger partial charge in [-0.3, -0.25) is 4.79 Å². The quantitative estimate of drug-likeness (QED) is 0.567. The number of amides is 1. The molecule has 1 aliphatic heterocycles. The van der Waals surface area contributed by atoms with Crippen LogP contribution >= 0.6 is 0 Å². The Hall–Kier alpha value is -2.37. The van der Waals surface area contributed by atoms with E-state index in [1.54, 1.807) is 7.11 Å². The number of aliphatic hydroxyl groups excluding tert-OH is 1. The Morgan fingerprint density at radius 1 is 1.17 bits per heavy atom. The van der Waals surface area contributed by atoms with Gasteiger partial charge in [-0.25, -0.2) is 0 Å². The van der Waals surface area contributed by atoms with Crippen LogP contribution in [0.2, 0.25) is 0 Å². The van der Waals surface area contributed by atoms with Crippen LogP contribution in [0.3, 0.4) is 0 Å². The van der Waals surface area contributed by atoms with Crippen molar-refractivity contribution in [3.63, 3.8) is 0 Å². The summed E-state index contributed by atoms with van der Waals surface area (Å²) in [6.45, 7) is 8.16. The fraction of sp³-hybridized carbons (Fsp3) is 0.581. The van der Waals surface area contributed by atoms with Gasteiger partial charge in [0.1, 0.15) is 5.75 Å². The lowest BCUT2D eigenvalue weighted by Crippen LogP contribution is -2.61. The molecular formula is C31H42N2O3. The Morgan fingerprint density at radius 3 is 2.64 bits per heavy atom. The third kappa shape index (κ3) is 5.19. The zero-order valence-corrected chi connectivity index (χ0v) is 22.1. The molecule has 1 saturated heterocycles. The Balaban J connectivity index is 1.50. The molecule has 1 unspecified atom stereocenters. The van der Waals surface area contributed by atoms with Crippen LogP contribution in [0.15, 0.2) is 54.6 Å². The molecule has 0 aromatic heterocycles. The van der Waals surface area contributed by atoms with Crippen molar-refractivity contribution in [2.75, 3.05) is 33.3 Å². The molecule has 2 aromatic carbocycles. The molecule has 5 heteroatoms. The first-order chi connectivity index (χ1) is 17.4. The summed E-state index contributed by atoms with van der Waals surface area (Å²) in [5.74, 6) is 2.28. The molecule has 3 fully saturated rings. The number of nitrogens with zero attached hydrogens (tertiary/aromatic N) is 2. The summed E-state index contributed by atoms with van der Waals surface area (Å²) in [6, 6.07) is 18.1. The van der Waals surface area contributed by atoms with Crippen molar-refractivity contribution >= 4 is 5.91 Å². The minimum atomic E-state index is -0.449. The number of carbonyl (C=O) groups is 1. The summed E-state index contributed by atoms with van der Waals surface area (Å²) in [5.41, 5.74) is 1.80. The molecule has 0 spiro atoms. The van der Waals surface area contributed by atoms with Crippen molar-refractivity contribution in [1.29, 1.82) is 0 Å². The Labute approximate surface area is 216 Å². The Morgan fingerprint density at radius 2 is 1.94 bits per heavy atom. The summed E-state index contributed by atoms with van der Waals surface area (Å²) in [6.07, 6.45) is 4.76. The van der Waals surface area contributed by atoms with Crippen molar-refractivity contribution in [2.24, 2.45) is 17.8 Å². The van der Waals surface area contributed by atoms with Gasteiger partial charge in [-0.2, -0.15) is 0 Å². The molecule has 1 amide bonds. The predicted octanol–water partition coefficient (Wildman–Crippen LogP) is 4.99. The van der Waals surface area contributed by atoms with E-state index in [1.165, 1.54) is 18.4 Å². The van der Waals surface area contributed by atoms with Gasteiger partial charge in [-0.1, -0.05) is 44.2 Å². The van der Waals surface area contributed by atoms with Crippen LogP contribution in [0.1, 0.15) is 61.9 Å². The van der Waals surface area contributed by atoms with Crippen molar-refractivity contribution in [3.8, 4) is 5.75 Å². The van der Waals surface area contributed by atoms with Gasteiger partial charge < -0.3 is 19.6 Å². The van der Waals surface area contributed by atoms with Gasteiger partial charge in [0.05, 0.1) is 13.2 Å². The number of hydrogen-bond acceptors (Lipinski definition) is 4. The van der Waals surface area contributed by atoms with Crippen LogP contribution in [0, 0.1) is 17.8 Å². The van der Waals surface area contributed by atoms with Crippen molar-refractivity contribution in [2.45, 2.75) is 63.5 Å². The lowest BCUT2D eigenvalue weighted by atomic mass is 9.56. The number of aliphatic hydroxyl groups is 1. The highest BCUT2D eigenvalue weighted by Gasteiger charge is 2.53. The van der Waals surface area contributed by atoms with Gasteiger partial charge in [0, 0.05) is 42.6 Å². The highest BCUT2D eigenvalue weighted by molar-refractivity contribution is 5.94. The summed E-state index contributed by atoms with van der Waals surface area (Å²) in [5, 5.41) is 11.7. The lowest BCUT2D eigenvalue weighted by molar-refractivity contribution is -0.0655. The topological polar surface area (TPSA) is 53.0 Å². The van der Waals surface area contributed by atoms with Crippen LogP contribution in [-0.4, -0.2) is 66.2 Å². The summed E-state index contributed by atoms with van der Waals surface area (Å²) >= 11 is 0. The second kappa shape index (κ2) is 10.5. The second-order valence-electron chi connectivity index (χ2n) is 11.8. The van der Waals surface area contributed by atoms with Gasteiger partial charge in [-0.05, 0) is 80.3 Å². The number of methoxy groups -OCH3 is 1. The van der Waals surface area contributed by atoms with Gasteiger partial charge >= 0.3 is 0 Å². The fourth-order valence-electron chi connectivity index (χ4n) is 6.79. The molecule has 5 rings (SSSR count). The van der Waals surface area contributed by atoms with E-state index in [0.29, 0.717) is 18.9 Å². The number of fused-ring (bicyclic) bond motifs is 1. The van der Waals surface area contributed by atoms with E-state index in [9.17, 15) is 9.90 Å². The summed E-state index contributed by atoms with van der Waals surface area (Å²) < 4.78 is 5.62. The third-order valence-electron chi connectivity index (χ3n) is 8.76. The number of likely N-dealkylation sites (tertiary alicyclic amines) is 1. The van der Waals surface area contributed by atoms with Crippen LogP contribution in [0.5, 0.6) is 5.75 Å². The van der Waals surface area contributed by atoms with Crippen LogP contribution in [0.4, 0.5) is 0 Å². The number of piperidine rings is 1. The second-order valence-corrected chi connectivity index (χ2v) is 11.8. The Kier molecular flexibility index (Phi) is 7.41. The monoisotopic (exact) mass is 490 g/mol. The van der Waals surface area contributed by atoms with Crippen molar-refractivity contribution in [1.82, 2.24) is 9.80 Å². The van der Waals surface area contributed by atoms with Crippen molar-refractivity contribution in [3.05, 3.63) is 65.7 Å². The van der Waals surface area contributed by atoms with Crippen LogP contribution < -0.4 is 4.74 Å². The lowest BCUT2D eigenvalue weighted by Gasteiger charge is -2.56. The molecule has 2 aromatic rings. The number of benzene rings is 2. The number of carbonyl (C=O) groups excluding carboxylic acids is 1. The van der Waals surface area contributed by atoms with E-state index in [-0.39, 0.29) is 23.3 Å². The normalized spacial score (nSPS) is 28.5. The molecule has 0 radical (unpaired) electrons. The third-order valence-corrected chi connectivity index (χ3v) is 8.76. The minimum Gasteiger partial charge on any atom is -0.497 e. The van der Waals surface area contributed by atoms with Gasteiger partial charge in [-0.15, -0.1) is 0 Å². The predicted molar refractivity (Wildman–Crippen MR) is 143 cm³/mol. The van der Waals surface area contributed by atoms with E-state index in [2.05, 4.69) is 41.8 Å². The maximum Gasteiger partial charge on any atom is 0.254 e. The standard InChI is InChI=1S/C31H42N2O3/c1-22(2)19-33(30(35)24-8-5-4-6-9-24)26-17-29(34)28-21-32(20-23-12-13-23)15-14-31(28,18-26)25-10-7-11-27(16-25)36-3/h4-11,16,22-23,26,28-29,34H,12-15,17-21H2,1-3H3/t26-,28+,29?,31+/m1/s1. The van der Waals surface area contributed by atoms with Crippen LogP contribution in [0.25, 0.3) is 0 Å². The van der Waals surface area contributed by atoms with Gasteiger partial charge in [0.15, 0.2) is 0 Å². The molecule has 5 nitrogen and oxygen atoms in total. The molecule has 2 saturated carbocycles. The number of rotatable bonds is 8. The molecule has 0 bridgehead atoms. The molecule has 4 atom stereocenters. The first kappa shape index (κ1) is 25.3. The van der Waals surface area contributed by atoms with Gasteiger partial charge in [0.2, 0.25) is 0 Å². The average molecular weight is 491 g/mol. The zero-order valence-electron chi connectivity index (χ0n) is 22.1. The average Bonchev–Trinajstić information content (AvgIpc) is 3.71. The zero-order chi connectivity index (χ0) is 25.3. The molecule has 1 N–H and O–H groups in total. The van der Waals surface area contributed by atoms with E-state index >= 15 is 0 Å². The SMILES string of the molecule is COc1cccc([C@@]23CCN(CC4CC4)C[C@H]2C(O)C[C@@H](N(CC(C)C)C(=O)c2ccccc2)C3)c1. The first-order valence-corrected chi connectivity index (χ1v) is 13.8. The van der Waals surface area contributed by atoms with E-state index < -0.39 is 6.10 Å². The van der Waals surface area contributed by atoms with Gasteiger partial charge in [0.25, 0.3) is 5.91 Å². The van der Waals surface area contributed by atoms with E-state index in [0.717, 1.165) is 49.7 Å². The van der Waals surface area contributed by atoms with Crippen LogP contribution in [-0.2, 0) is 5.41 Å². The first-order valence-electron chi connectivity index (χ1n) is 13.8. The Bertz CT molecular complexity index is 1040. The largest absolute Gasteiger partial charge is 0.497 e. The smallest absolute Gasteiger partial charge is 0.254 e. The number of hydrogen-bond donors (Lipinski definition) is 1. The summed E-state index contributed by atoms with van der Waals surface area (Å²) in [7, 11) is 1.72. The van der Waals surface area contributed by atoms with E-state index in [1.807, 2.05) is 36.4 Å². The van der Waals surface area contributed by atoms with E-state index in [4.69, 9.17) is 4.74 Å². The highest BCUT2D eigenvalue weighted by atomic mass is 16.5. The maximum absolute atomic E-state index is 13.8. The summed E-state index contributed by atoms with van der Waals surface area (Å²) in [4.78, 5) is 18.4. The highest BCUT2D eigenvalue weighted by Crippen LogP contribution is 2.51. The van der Waals surface area contributed by atoms with Crippen molar-refractivity contribution < 1.29 is 14.6 Å². The molecule has 36 heavy (non-hydrogen) atoms. The molecule has 1 heterocycles. The minimum absolute atomic E-state index is 0.00691. The molecular weight excluding hydrogens is 448 g/mol. The molecule has 194 valence electrons. The maximum atomic E-state index is 13.8. The fourth-order valence-corrected chi connectivity index (χ4v) is 6.79. The molecule has 2 aliphatic carbocycles.